The molecule has 1 saturated heterocycles. The first-order valence-corrected chi connectivity index (χ1v) is 10.3. The summed E-state index contributed by atoms with van der Waals surface area (Å²) in [7, 11) is 0. The van der Waals surface area contributed by atoms with E-state index in [-0.39, 0.29) is 23.4 Å². The van der Waals surface area contributed by atoms with Gasteiger partial charge in [0.25, 0.3) is 0 Å². The molecule has 2 N–H and O–H groups in total. The molecule has 4 heterocycles. The number of rotatable bonds is 5. The van der Waals surface area contributed by atoms with Gasteiger partial charge in [0.05, 0.1) is 22.9 Å². The molecule has 10 heteroatoms. The molecule has 0 saturated carbocycles. The minimum Gasteiger partial charge on any atom is -0.477 e. The predicted molar refractivity (Wildman–Crippen MR) is 99.8 cm³/mol. The van der Waals surface area contributed by atoms with Crippen LogP contribution >= 0.6 is 23.1 Å². The third kappa shape index (κ3) is 2.47. The molecule has 0 unspecified atom stereocenters. The lowest BCUT2D eigenvalue weighted by molar-refractivity contribution is -0.161. The van der Waals surface area contributed by atoms with Crippen molar-refractivity contribution in [3.8, 4) is 0 Å². The average molecular weight is 407 g/mol. The molecule has 27 heavy (non-hydrogen) atoms. The zero-order valence-electron chi connectivity index (χ0n) is 14.8. The van der Waals surface area contributed by atoms with Gasteiger partial charge in [0.15, 0.2) is 11.6 Å². The van der Waals surface area contributed by atoms with Gasteiger partial charge in [-0.2, -0.15) is 0 Å². The van der Waals surface area contributed by atoms with E-state index in [9.17, 15) is 24.6 Å². The number of nitrogens with zero attached hydrogens (tertiary/aromatic N) is 3. The Hall–Kier alpha value is -2.17. The fourth-order valence-electron chi connectivity index (χ4n) is 3.87. The van der Waals surface area contributed by atoms with Crippen molar-refractivity contribution in [1.82, 2.24) is 14.3 Å². The summed E-state index contributed by atoms with van der Waals surface area (Å²) in [5, 5.41) is 20.2. The van der Waals surface area contributed by atoms with E-state index in [1.54, 1.807) is 17.5 Å². The molecule has 0 aliphatic carbocycles. The first kappa shape index (κ1) is 18.2. The second-order valence-electron chi connectivity index (χ2n) is 6.65. The lowest BCUT2D eigenvalue weighted by Gasteiger charge is -2.44. The van der Waals surface area contributed by atoms with Crippen LogP contribution in [0.25, 0.3) is 10.4 Å². The number of hydrogen-bond donors (Lipinski definition) is 2. The molecule has 0 aromatic carbocycles. The highest BCUT2D eigenvalue weighted by Crippen LogP contribution is 2.48. The van der Waals surface area contributed by atoms with E-state index in [2.05, 4.69) is 4.98 Å². The number of aliphatic hydroxyl groups excluding tert-OH is 1. The maximum atomic E-state index is 12.4. The Balaban J connectivity index is 1.84. The number of ketones is 1. The van der Waals surface area contributed by atoms with Crippen molar-refractivity contribution >= 4 is 51.2 Å². The van der Waals surface area contributed by atoms with Crippen molar-refractivity contribution in [1.29, 1.82) is 0 Å². The van der Waals surface area contributed by atoms with Crippen LogP contribution in [0, 0.1) is 5.92 Å². The minimum atomic E-state index is -1.17. The van der Waals surface area contributed by atoms with Gasteiger partial charge in [0.2, 0.25) is 5.91 Å². The van der Waals surface area contributed by atoms with Crippen LogP contribution in [0.4, 0.5) is 0 Å². The third-order valence-corrected chi connectivity index (χ3v) is 6.98. The Bertz CT molecular complexity index is 1030. The zero-order valence-corrected chi connectivity index (χ0v) is 16.4. The Labute approximate surface area is 162 Å². The van der Waals surface area contributed by atoms with Crippen molar-refractivity contribution in [2.75, 3.05) is 6.26 Å². The van der Waals surface area contributed by atoms with E-state index in [1.165, 1.54) is 34.9 Å². The summed E-state index contributed by atoms with van der Waals surface area (Å²) in [6, 6.07) is -0.342. The van der Waals surface area contributed by atoms with E-state index >= 15 is 0 Å². The highest BCUT2D eigenvalue weighted by atomic mass is 32.2. The number of fused-ring (bicyclic) bond motifs is 2. The van der Waals surface area contributed by atoms with Gasteiger partial charge in [-0.15, -0.1) is 23.1 Å². The van der Waals surface area contributed by atoms with Crippen LogP contribution in [0.2, 0.25) is 0 Å². The summed E-state index contributed by atoms with van der Waals surface area (Å²) in [5.74, 6) is -1.99. The van der Waals surface area contributed by atoms with E-state index in [0.717, 1.165) is 4.83 Å². The first-order valence-electron chi connectivity index (χ1n) is 8.31. The molecule has 3 atom stereocenters. The molecular weight excluding hydrogens is 390 g/mol. The maximum absolute atomic E-state index is 12.4. The Morgan fingerprint density at radius 1 is 1.44 bits per heavy atom. The number of thiazole rings is 1. The van der Waals surface area contributed by atoms with Crippen LogP contribution in [0.1, 0.15) is 35.8 Å². The molecule has 2 aliphatic heterocycles. The lowest BCUT2D eigenvalue weighted by Crippen LogP contribution is -2.61. The molecule has 4 rings (SSSR count). The number of carboxylic acids is 1. The van der Waals surface area contributed by atoms with Crippen LogP contribution in [-0.4, -0.2) is 60.6 Å². The number of imidazole rings is 1. The average Bonchev–Trinajstić information content (AvgIpc) is 3.22. The van der Waals surface area contributed by atoms with Crippen molar-refractivity contribution in [3.63, 3.8) is 0 Å². The van der Waals surface area contributed by atoms with E-state index in [1.807, 2.05) is 6.26 Å². The number of Topliss-reactive ketones (excluding diaryl/α,β-unsaturated/α-hetero) is 1. The number of thioether (sulfide) groups is 1. The molecule has 0 bridgehead atoms. The summed E-state index contributed by atoms with van der Waals surface area (Å²) >= 11 is 2.77. The van der Waals surface area contributed by atoms with Gasteiger partial charge in [-0.1, -0.05) is 0 Å². The van der Waals surface area contributed by atoms with E-state index in [0.29, 0.717) is 27.7 Å². The Morgan fingerprint density at radius 3 is 2.70 bits per heavy atom. The third-order valence-electron chi connectivity index (χ3n) is 5.03. The molecule has 2 aromatic rings. The second kappa shape index (κ2) is 6.18. The first-order chi connectivity index (χ1) is 12.8. The summed E-state index contributed by atoms with van der Waals surface area (Å²) < 4.78 is 1.68. The largest absolute Gasteiger partial charge is 0.477 e. The molecule has 142 valence electrons. The molecular formula is C17H17N3O5S2. The minimum absolute atomic E-state index is 0.0329. The molecule has 1 amide bonds. The number of carbonyl (C=O) groups is 3. The lowest BCUT2D eigenvalue weighted by atomic mass is 9.83. The van der Waals surface area contributed by atoms with Crippen LogP contribution in [0.5, 0.6) is 0 Å². The topological polar surface area (TPSA) is 112 Å². The Kier molecular flexibility index (Phi) is 4.17. The summed E-state index contributed by atoms with van der Waals surface area (Å²) in [6.45, 7) is 2.98. The van der Waals surface area contributed by atoms with Crippen LogP contribution in [0.3, 0.4) is 0 Å². The summed E-state index contributed by atoms with van der Waals surface area (Å²) in [6.07, 6.45) is 3.12. The number of β-lactam (4-membered cyclic amide) rings is 1. The van der Waals surface area contributed by atoms with Crippen molar-refractivity contribution in [2.45, 2.75) is 37.4 Å². The predicted octanol–water partition coefficient (Wildman–Crippen LogP) is 1.73. The highest BCUT2D eigenvalue weighted by Gasteiger charge is 2.57. The van der Waals surface area contributed by atoms with Gasteiger partial charge >= 0.3 is 5.97 Å². The number of aliphatic carboxylic acids is 1. The number of aromatic nitrogens is 2. The summed E-state index contributed by atoms with van der Waals surface area (Å²) in [5.41, 5.74) is 0.522. The molecule has 8 nitrogen and oxygen atoms in total. The molecule has 2 aromatic heterocycles. The fourth-order valence-corrected chi connectivity index (χ4v) is 5.73. The number of hydrogen-bond acceptors (Lipinski definition) is 7. The van der Waals surface area contributed by atoms with Crippen molar-refractivity contribution in [2.24, 2.45) is 5.92 Å². The smallest absolute Gasteiger partial charge is 0.352 e. The van der Waals surface area contributed by atoms with Gasteiger partial charge in [0.1, 0.15) is 15.6 Å². The van der Waals surface area contributed by atoms with Gasteiger partial charge in [-0.3, -0.25) is 14.0 Å². The van der Waals surface area contributed by atoms with Crippen LogP contribution < -0.4 is 0 Å². The van der Waals surface area contributed by atoms with Gasteiger partial charge in [0, 0.05) is 18.7 Å². The highest BCUT2D eigenvalue weighted by molar-refractivity contribution is 7.98. The Morgan fingerprint density at radius 2 is 2.15 bits per heavy atom. The van der Waals surface area contributed by atoms with Crippen LogP contribution in [0.15, 0.2) is 16.9 Å². The van der Waals surface area contributed by atoms with E-state index in [4.69, 9.17) is 0 Å². The maximum Gasteiger partial charge on any atom is 0.352 e. The normalized spacial score (nSPS) is 23.0. The quantitative estimate of drug-likeness (QED) is 0.441. The molecule has 0 radical (unpaired) electrons. The number of carboxylic acid groups (broad SMARTS) is 1. The number of amides is 1. The molecule has 0 spiro atoms. The van der Waals surface area contributed by atoms with Crippen molar-refractivity contribution in [3.05, 3.63) is 22.6 Å². The van der Waals surface area contributed by atoms with Gasteiger partial charge in [-0.05, 0) is 19.6 Å². The second-order valence-corrected chi connectivity index (χ2v) is 8.48. The van der Waals surface area contributed by atoms with Gasteiger partial charge in [-0.25, -0.2) is 9.78 Å². The van der Waals surface area contributed by atoms with E-state index < -0.39 is 18.0 Å². The van der Waals surface area contributed by atoms with Crippen molar-refractivity contribution < 1.29 is 24.6 Å². The molecule has 2 aliphatic rings. The number of aliphatic hydroxyl groups is 1. The fraction of sp³-hybridized carbons (Fsp3) is 0.412. The SMILES string of the molecule is CSc1nc(C(C)=O)n2cc(C3=C(C(=O)O)N4C(=O)[C@H]([C@@H](C)O)[C@H]4C3)sc12. The van der Waals surface area contributed by atoms with Gasteiger partial charge < -0.3 is 15.1 Å². The number of carbonyl (C=O) groups excluding carboxylic acids is 2. The monoisotopic (exact) mass is 407 g/mol. The van der Waals surface area contributed by atoms with Crippen LogP contribution in [-0.2, 0) is 9.59 Å². The molecule has 1 fully saturated rings. The summed E-state index contributed by atoms with van der Waals surface area (Å²) in [4.78, 5) is 43.2. The standard InChI is InChI=1S/C17H17N3O5S2/c1-6(21)11-9-4-8(12(17(24)25)20(9)15(11)23)10-5-19-13(7(2)22)18-14(26-3)16(19)27-10/h5-6,9,11,21H,4H2,1-3H3,(H,24,25)/t6-,9-,11-/m1/s1. The zero-order chi connectivity index (χ0) is 19.6.